The molecule has 1 aliphatic rings. The first-order valence-corrected chi connectivity index (χ1v) is 16.1. The van der Waals surface area contributed by atoms with Gasteiger partial charge in [-0.25, -0.2) is 4.79 Å². The van der Waals surface area contributed by atoms with Crippen molar-refractivity contribution in [2.45, 2.75) is 132 Å². The van der Waals surface area contributed by atoms with Gasteiger partial charge in [-0.1, -0.05) is 72.6 Å². The normalized spacial score (nSPS) is 17.9. The largest absolute Gasteiger partial charge is 0.487 e. The van der Waals surface area contributed by atoms with E-state index < -0.39 is 5.97 Å². The van der Waals surface area contributed by atoms with Crippen LogP contribution < -0.4 is 9.47 Å². The quantitative estimate of drug-likeness (QED) is 0.195. The molecular formula is C35H63NO5. The topological polar surface area (TPSA) is 79.2 Å². The minimum absolute atomic E-state index is 0.134. The highest BCUT2D eigenvalue weighted by molar-refractivity contribution is 5.69. The number of carbonyl (C=O) groups is 1. The van der Waals surface area contributed by atoms with Crippen LogP contribution in [0.1, 0.15) is 121 Å². The lowest BCUT2D eigenvalue weighted by atomic mass is 9.83. The number of benzene rings is 1. The lowest BCUT2D eigenvalue weighted by Crippen LogP contribution is -2.37. The lowest BCUT2D eigenvalue weighted by Gasteiger charge is -2.38. The van der Waals surface area contributed by atoms with Crippen molar-refractivity contribution in [1.82, 2.24) is 4.90 Å². The standard InChI is InChI=1S/C31H52O4.C4H11NO/c1-21(2)12-9-13-22(3)14-10-15-23(4)16-11-18-31(8)19-17-27-26(7)29(34-20-28(32)33)24(5)25(6)30(27)35-31;1-5(2)3-4-6/h21-23H,9-20H2,1-8H3,(H,32,33);6H,3-4H2,1-2H3/t22-,23-,31-;/m1./s1. The van der Waals surface area contributed by atoms with E-state index >= 15 is 0 Å². The molecule has 2 rings (SSSR count). The fourth-order valence-electron chi connectivity index (χ4n) is 5.81. The number of carboxylic acid groups (broad SMARTS) is 1. The first-order chi connectivity index (χ1) is 19.2. The number of carboxylic acids is 1. The Morgan fingerprint density at radius 2 is 1.49 bits per heavy atom. The molecule has 0 unspecified atom stereocenters. The minimum atomic E-state index is -0.951. The molecule has 0 aliphatic carbocycles. The fraction of sp³-hybridized carbons (Fsp3) is 0.800. The van der Waals surface area contributed by atoms with E-state index in [4.69, 9.17) is 19.7 Å². The molecule has 0 bridgehead atoms. The Bertz CT molecular complexity index is 913. The van der Waals surface area contributed by atoms with Gasteiger partial charge >= 0.3 is 5.97 Å². The predicted octanol–water partition coefficient (Wildman–Crippen LogP) is 8.14. The van der Waals surface area contributed by atoms with Crippen LogP contribution in [0.5, 0.6) is 11.5 Å². The summed E-state index contributed by atoms with van der Waals surface area (Å²) in [6.45, 7) is 18.6. The first kappa shape index (κ1) is 37.2. The summed E-state index contributed by atoms with van der Waals surface area (Å²) in [7, 11) is 3.85. The maximum atomic E-state index is 11.0. The number of fused-ring (bicyclic) bond motifs is 1. The Balaban J connectivity index is 0.00000126. The van der Waals surface area contributed by atoms with Crippen LogP contribution in [-0.4, -0.2) is 60.5 Å². The van der Waals surface area contributed by atoms with Gasteiger partial charge in [0.1, 0.15) is 17.1 Å². The first-order valence-electron chi connectivity index (χ1n) is 16.1. The van der Waals surface area contributed by atoms with Crippen molar-refractivity contribution >= 4 is 5.97 Å². The average Bonchev–Trinajstić information content (AvgIpc) is 2.87. The zero-order valence-corrected chi connectivity index (χ0v) is 28.2. The smallest absolute Gasteiger partial charge is 0.341 e. The molecule has 6 heteroatoms. The van der Waals surface area contributed by atoms with Crippen LogP contribution in [0.2, 0.25) is 0 Å². The van der Waals surface area contributed by atoms with E-state index in [1.54, 1.807) is 0 Å². The highest BCUT2D eigenvalue weighted by Gasteiger charge is 2.34. The summed E-state index contributed by atoms with van der Waals surface area (Å²) in [6, 6.07) is 0. The molecule has 0 spiro atoms. The van der Waals surface area contributed by atoms with Gasteiger partial charge < -0.3 is 24.6 Å². The number of hydrogen-bond donors (Lipinski definition) is 2. The number of aliphatic hydroxyl groups is 1. The second-order valence-electron chi connectivity index (χ2n) is 13.6. The molecule has 0 aromatic heterocycles. The number of likely N-dealkylation sites (N-methyl/N-ethyl adjacent to an activating group) is 1. The summed E-state index contributed by atoms with van der Waals surface area (Å²) in [4.78, 5) is 12.9. The SMILES string of the molecule is CN(C)CCO.Cc1c(C)c2c(c(C)c1OCC(=O)O)CC[C@@](C)(CCC[C@H](C)CCC[C@H](C)CCCC(C)C)O2. The lowest BCUT2D eigenvalue weighted by molar-refractivity contribution is -0.139. The van der Waals surface area contributed by atoms with E-state index in [1.807, 2.05) is 32.8 Å². The molecule has 3 atom stereocenters. The summed E-state index contributed by atoms with van der Waals surface area (Å²) in [5, 5.41) is 17.2. The van der Waals surface area contributed by atoms with E-state index in [-0.39, 0.29) is 18.8 Å². The van der Waals surface area contributed by atoms with E-state index in [0.717, 1.165) is 66.0 Å². The Morgan fingerprint density at radius 1 is 0.927 bits per heavy atom. The molecule has 1 heterocycles. The maximum Gasteiger partial charge on any atom is 0.341 e. The molecule has 0 fully saturated rings. The van der Waals surface area contributed by atoms with Gasteiger partial charge in [-0.3, -0.25) is 0 Å². The van der Waals surface area contributed by atoms with Crippen LogP contribution in [0.3, 0.4) is 0 Å². The Hall–Kier alpha value is -1.79. The molecule has 1 aromatic rings. The zero-order chi connectivity index (χ0) is 31.2. The van der Waals surface area contributed by atoms with E-state index in [2.05, 4.69) is 41.5 Å². The van der Waals surface area contributed by atoms with Crippen molar-refractivity contribution in [3.05, 3.63) is 22.3 Å². The Morgan fingerprint density at radius 3 is 1.98 bits per heavy atom. The van der Waals surface area contributed by atoms with Crippen molar-refractivity contribution in [3.8, 4) is 11.5 Å². The van der Waals surface area contributed by atoms with Gasteiger partial charge in [0, 0.05) is 12.1 Å². The summed E-state index contributed by atoms with van der Waals surface area (Å²) >= 11 is 0. The third-order valence-electron chi connectivity index (χ3n) is 8.73. The van der Waals surface area contributed by atoms with Crippen molar-refractivity contribution in [1.29, 1.82) is 0 Å². The van der Waals surface area contributed by atoms with Gasteiger partial charge in [0.2, 0.25) is 0 Å². The summed E-state index contributed by atoms with van der Waals surface area (Å²) in [5.41, 5.74) is 4.14. The van der Waals surface area contributed by atoms with Crippen molar-refractivity contribution in [2.24, 2.45) is 17.8 Å². The molecule has 1 aromatic carbocycles. The van der Waals surface area contributed by atoms with Crippen LogP contribution in [0.4, 0.5) is 0 Å². The number of aliphatic carboxylic acids is 1. The van der Waals surface area contributed by atoms with Gasteiger partial charge in [0.05, 0.1) is 6.61 Å². The summed E-state index contributed by atoms with van der Waals surface area (Å²) in [5.74, 6) is 3.22. The molecule has 6 nitrogen and oxygen atoms in total. The molecule has 0 saturated heterocycles. The van der Waals surface area contributed by atoms with Crippen molar-refractivity contribution in [2.75, 3.05) is 33.9 Å². The number of aliphatic hydroxyl groups excluding tert-OH is 1. The van der Waals surface area contributed by atoms with Crippen LogP contribution in [0.25, 0.3) is 0 Å². The molecule has 0 amide bonds. The van der Waals surface area contributed by atoms with Crippen molar-refractivity contribution < 1.29 is 24.5 Å². The van der Waals surface area contributed by atoms with Gasteiger partial charge in [-0.15, -0.1) is 0 Å². The van der Waals surface area contributed by atoms with Crippen LogP contribution in [-0.2, 0) is 11.2 Å². The zero-order valence-electron chi connectivity index (χ0n) is 28.2. The molecule has 238 valence electrons. The number of hydrogen-bond acceptors (Lipinski definition) is 5. The second kappa shape index (κ2) is 18.7. The second-order valence-corrected chi connectivity index (χ2v) is 13.6. The third-order valence-corrected chi connectivity index (χ3v) is 8.73. The Labute approximate surface area is 252 Å². The molecule has 0 saturated carbocycles. The van der Waals surface area contributed by atoms with Crippen LogP contribution in [0, 0.1) is 38.5 Å². The van der Waals surface area contributed by atoms with Crippen LogP contribution in [0.15, 0.2) is 0 Å². The van der Waals surface area contributed by atoms with Gasteiger partial charge in [-0.05, 0) is 102 Å². The summed E-state index contributed by atoms with van der Waals surface area (Å²) in [6.07, 6.45) is 13.7. The number of nitrogens with zero attached hydrogens (tertiary/aromatic N) is 1. The number of ether oxygens (including phenoxy) is 2. The predicted molar refractivity (Wildman–Crippen MR) is 171 cm³/mol. The number of rotatable bonds is 17. The minimum Gasteiger partial charge on any atom is -0.487 e. The maximum absolute atomic E-state index is 11.0. The highest BCUT2D eigenvalue weighted by Crippen LogP contribution is 2.45. The van der Waals surface area contributed by atoms with E-state index in [9.17, 15) is 4.79 Å². The average molecular weight is 578 g/mol. The van der Waals surface area contributed by atoms with Gasteiger partial charge in [0.25, 0.3) is 0 Å². The molecule has 1 aliphatic heterocycles. The van der Waals surface area contributed by atoms with Crippen LogP contribution >= 0.6 is 0 Å². The van der Waals surface area contributed by atoms with Gasteiger partial charge in [0.15, 0.2) is 6.61 Å². The monoisotopic (exact) mass is 577 g/mol. The van der Waals surface area contributed by atoms with Gasteiger partial charge in [-0.2, -0.15) is 0 Å². The van der Waals surface area contributed by atoms with E-state index in [1.165, 1.54) is 56.9 Å². The molecule has 2 N–H and O–H groups in total. The third kappa shape index (κ3) is 13.8. The Kier molecular flexibility index (Phi) is 17.0. The molecule has 41 heavy (non-hydrogen) atoms. The highest BCUT2D eigenvalue weighted by atomic mass is 16.5. The van der Waals surface area contributed by atoms with E-state index in [0.29, 0.717) is 5.75 Å². The summed E-state index contributed by atoms with van der Waals surface area (Å²) < 4.78 is 12.3. The molecule has 0 radical (unpaired) electrons. The molecular weight excluding hydrogens is 514 g/mol. The van der Waals surface area contributed by atoms with Crippen molar-refractivity contribution in [3.63, 3.8) is 0 Å². The fourth-order valence-corrected chi connectivity index (χ4v) is 5.81.